The number of aromatic amines is 1. The summed E-state index contributed by atoms with van der Waals surface area (Å²) in [6.07, 6.45) is 8.23. The monoisotopic (exact) mass is 298 g/mol. The second-order valence-corrected chi connectivity index (χ2v) is 6.91. The zero-order valence-electron chi connectivity index (χ0n) is 13.0. The standard InChI is InChI=1S/C18H23N3O/c22-18-14-8-2-3-9-15(14)19-17(20-18)12-21-11-5-7-13-6-1-4-10-16(13)21/h2-3,8-9,13,16H,1,4-7,10-12H2,(H,19,20,22)/p+1/t13-,16+/m1/s1. The number of likely N-dealkylation sites (tertiary alicyclic amines) is 1. The molecule has 22 heavy (non-hydrogen) atoms. The summed E-state index contributed by atoms with van der Waals surface area (Å²) >= 11 is 0. The van der Waals surface area contributed by atoms with Crippen molar-refractivity contribution in [2.45, 2.75) is 51.1 Å². The average molecular weight is 298 g/mol. The molecule has 1 saturated carbocycles. The minimum atomic E-state index is -0.00259. The number of fused-ring (bicyclic) bond motifs is 2. The van der Waals surface area contributed by atoms with E-state index in [9.17, 15) is 4.79 Å². The summed E-state index contributed by atoms with van der Waals surface area (Å²) in [5, 5.41) is 0.690. The van der Waals surface area contributed by atoms with Gasteiger partial charge in [0.25, 0.3) is 5.56 Å². The van der Waals surface area contributed by atoms with Crippen LogP contribution >= 0.6 is 0 Å². The molecular formula is C18H24N3O+. The molecule has 4 rings (SSSR count). The van der Waals surface area contributed by atoms with E-state index >= 15 is 0 Å². The Hall–Kier alpha value is -1.68. The number of piperidine rings is 1. The van der Waals surface area contributed by atoms with Gasteiger partial charge < -0.3 is 9.88 Å². The summed E-state index contributed by atoms with van der Waals surface area (Å²) in [5.41, 5.74) is 0.815. The molecule has 1 aliphatic heterocycles. The highest BCUT2D eigenvalue weighted by atomic mass is 16.1. The number of quaternary nitrogens is 1. The predicted molar refractivity (Wildman–Crippen MR) is 86.9 cm³/mol. The Kier molecular flexibility index (Phi) is 3.70. The van der Waals surface area contributed by atoms with Crippen LogP contribution in [0.1, 0.15) is 44.3 Å². The molecular weight excluding hydrogens is 274 g/mol. The van der Waals surface area contributed by atoms with Crippen LogP contribution in [0, 0.1) is 5.92 Å². The smallest absolute Gasteiger partial charge is 0.258 e. The number of nitrogens with one attached hydrogen (secondary N) is 2. The summed E-state index contributed by atoms with van der Waals surface area (Å²) in [6, 6.07) is 8.39. The molecule has 2 aliphatic rings. The maximum Gasteiger partial charge on any atom is 0.258 e. The van der Waals surface area contributed by atoms with Crippen molar-refractivity contribution in [1.82, 2.24) is 9.97 Å². The molecule has 1 aromatic carbocycles. The first kappa shape index (κ1) is 13.9. The summed E-state index contributed by atoms with van der Waals surface area (Å²) in [7, 11) is 0. The molecule has 2 fully saturated rings. The Labute approximate surface area is 130 Å². The minimum Gasteiger partial charge on any atom is -0.326 e. The third-order valence-electron chi connectivity index (χ3n) is 5.56. The first-order valence-electron chi connectivity index (χ1n) is 8.64. The molecule has 0 bridgehead atoms. The molecule has 0 radical (unpaired) electrons. The highest BCUT2D eigenvalue weighted by Gasteiger charge is 2.36. The summed E-state index contributed by atoms with van der Waals surface area (Å²) < 4.78 is 0. The number of rotatable bonds is 2. The maximum absolute atomic E-state index is 12.2. The Morgan fingerprint density at radius 3 is 2.91 bits per heavy atom. The van der Waals surface area contributed by atoms with E-state index in [-0.39, 0.29) is 5.56 Å². The highest BCUT2D eigenvalue weighted by Crippen LogP contribution is 2.28. The van der Waals surface area contributed by atoms with Crippen molar-refractivity contribution in [1.29, 1.82) is 0 Å². The number of H-pyrrole nitrogens is 1. The van der Waals surface area contributed by atoms with Crippen molar-refractivity contribution in [2.75, 3.05) is 6.54 Å². The van der Waals surface area contributed by atoms with Crippen LogP contribution in [0.4, 0.5) is 0 Å². The zero-order valence-corrected chi connectivity index (χ0v) is 13.0. The number of hydrogen-bond acceptors (Lipinski definition) is 2. The molecule has 0 amide bonds. The first-order chi connectivity index (χ1) is 10.8. The molecule has 116 valence electrons. The van der Waals surface area contributed by atoms with Crippen LogP contribution in [0.2, 0.25) is 0 Å². The molecule has 1 unspecified atom stereocenters. The maximum atomic E-state index is 12.2. The fraction of sp³-hybridized carbons (Fsp3) is 0.556. The molecule has 3 atom stereocenters. The second-order valence-electron chi connectivity index (χ2n) is 6.91. The van der Waals surface area contributed by atoms with Crippen LogP contribution < -0.4 is 10.5 Å². The van der Waals surface area contributed by atoms with Gasteiger partial charge in [0.2, 0.25) is 0 Å². The number of aromatic nitrogens is 2. The van der Waals surface area contributed by atoms with Gasteiger partial charge in [0.15, 0.2) is 5.82 Å². The Balaban J connectivity index is 1.61. The van der Waals surface area contributed by atoms with Crippen molar-refractivity contribution in [2.24, 2.45) is 5.92 Å². The summed E-state index contributed by atoms with van der Waals surface area (Å²) in [5.74, 6) is 1.75. The van der Waals surface area contributed by atoms with Crippen LogP contribution in [0.3, 0.4) is 0 Å². The Bertz CT molecular complexity index is 722. The molecule has 0 spiro atoms. The topological polar surface area (TPSA) is 50.2 Å². The lowest BCUT2D eigenvalue weighted by atomic mass is 9.78. The van der Waals surface area contributed by atoms with E-state index < -0.39 is 0 Å². The third kappa shape index (κ3) is 2.56. The zero-order chi connectivity index (χ0) is 14.9. The largest absolute Gasteiger partial charge is 0.326 e. The van der Waals surface area contributed by atoms with Gasteiger partial charge in [0, 0.05) is 5.92 Å². The lowest BCUT2D eigenvalue weighted by Gasteiger charge is -2.40. The fourth-order valence-corrected chi connectivity index (χ4v) is 4.52. The first-order valence-corrected chi connectivity index (χ1v) is 8.64. The van der Waals surface area contributed by atoms with Crippen LogP contribution in [0.25, 0.3) is 10.9 Å². The van der Waals surface area contributed by atoms with Gasteiger partial charge in [-0.2, -0.15) is 0 Å². The number of nitrogens with zero attached hydrogens (tertiary/aromatic N) is 1. The van der Waals surface area contributed by atoms with Crippen molar-refractivity contribution in [3.63, 3.8) is 0 Å². The molecule has 1 saturated heterocycles. The van der Waals surface area contributed by atoms with Crippen LogP contribution in [0.15, 0.2) is 29.1 Å². The van der Waals surface area contributed by atoms with E-state index in [1.165, 1.54) is 45.1 Å². The lowest BCUT2D eigenvalue weighted by molar-refractivity contribution is -0.949. The molecule has 2 N–H and O–H groups in total. The molecule has 4 heteroatoms. The lowest BCUT2D eigenvalue weighted by Crippen LogP contribution is -3.16. The van der Waals surface area contributed by atoms with Gasteiger partial charge in [-0.25, -0.2) is 4.98 Å². The van der Waals surface area contributed by atoms with Crippen molar-refractivity contribution >= 4 is 10.9 Å². The van der Waals surface area contributed by atoms with Crippen LogP contribution in [-0.4, -0.2) is 22.6 Å². The molecule has 2 aromatic rings. The third-order valence-corrected chi connectivity index (χ3v) is 5.56. The Morgan fingerprint density at radius 2 is 1.95 bits per heavy atom. The number of benzene rings is 1. The van der Waals surface area contributed by atoms with Crippen LogP contribution in [-0.2, 0) is 6.54 Å². The normalized spacial score (nSPS) is 28.5. The van der Waals surface area contributed by atoms with E-state index in [0.717, 1.165) is 29.8 Å². The van der Waals surface area contributed by atoms with Gasteiger partial charge in [-0.05, 0) is 44.2 Å². The second kappa shape index (κ2) is 5.84. The van der Waals surface area contributed by atoms with E-state index in [1.807, 2.05) is 24.3 Å². The Morgan fingerprint density at radius 1 is 1.14 bits per heavy atom. The fourth-order valence-electron chi connectivity index (χ4n) is 4.52. The van der Waals surface area contributed by atoms with Gasteiger partial charge in [-0.3, -0.25) is 4.79 Å². The predicted octanol–water partition coefficient (Wildman–Crippen LogP) is 1.66. The van der Waals surface area contributed by atoms with Gasteiger partial charge in [0.05, 0.1) is 23.5 Å². The van der Waals surface area contributed by atoms with Gasteiger partial charge in [-0.1, -0.05) is 18.6 Å². The van der Waals surface area contributed by atoms with E-state index in [4.69, 9.17) is 4.98 Å². The molecule has 4 nitrogen and oxygen atoms in total. The highest BCUT2D eigenvalue weighted by molar-refractivity contribution is 5.77. The average Bonchev–Trinajstić information content (AvgIpc) is 2.55. The van der Waals surface area contributed by atoms with Crippen molar-refractivity contribution in [3.8, 4) is 0 Å². The van der Waals surface area contributed by atoms with Gasteiger partial charge in [-0.15, -0.1) is 0 Å². The number of hydrogen-bond donors (Lipinski definition) is 2. The van der Waals surface area contributed by atoms with Crippen LogP contribution in [0.5, 0.6) is 0 Å². The van der Waals surface area contributed by atoms with Gasteiger partial charge in [0.1, 0.15) is 6.54 Å². The summed E-state index contributed by atoms with van der Waals surface area (Å²) in [6.45, 7) is 2.08. The molecule has 1 aliphatic carbocycles. The quantitative estimate of drug-likeness (QED) is 0.886. The summed E-state index contributed by atoms with van der Waals surface area (Å²) in [4.78, 5) is 21.5. The molecule has 1 aromatic heterocycles. The van der Waals surface area contributed by atoms with Crippen molar-refractivity contribution in [3.05, 3.63) is 40.4 Å². The van der Waals surface area contributed by atoms with Gasteiger partial charge >= 0.3 is 0 Å². The molecule has 2 heterocycles. The number of para-hydroxylation sites is 1. The van der Waals surface area contributed by atoms with Crippen molar-refractivity contribution < 1.29 is 4.90 Å². The SMILES string of the molecule is O=c1[nH]c(C[NH+]2CCC[C@H]3CCCC[C@@H]32)nc2ccccc12. The van der Waals surface area contributed by atoms with E-state index in [2.05, 4.69) is 4.98 Å². The van der Waals surface area contributed by atoms with E-state index in [1.54, 1.807) is 4.90 Å². The van der Waals surface area contributed by atoms with E-state index in [0.29, 0.717) is 5.39 Å². The minimum absolute atomic E-state index is 0.00259.